The predicted octanol–water partition coefficient (Wildman–Crippen LogP) is -1.17. The number of hydrogen-bond acceptors (Lipinski definition) is 3. The molecule has 0 heterocycles. The van der Waals surface area contributed by atoms with Crippen LogP contribution in [0.3, 0.4) is 0 Å². The van der Waals surface area contributed by atoms with Gasteiger partial charge in [-0.25, -0.2) is 0 Å². The average molecular weight is 146 g/mol. The number of hydrogen-bond donors (Lipinski definition) is 3. The second-order valence-corrected chi connectivity index (χ2v) is 2.08. The molecule has 0 bridgehead atoms. The van der Waals surface area contributed by atoms with Crippen LogP contribution in [-0.2, 0) is 4.79 Å². The van der Waals surface area contributed by atoms with Gasteiger partial charge in [-0.1, -0.05) is 6.92 Å². The van der Waals surface area contributed by atoms with Gasteiger partial charge in [0, 0.05) is 6.54 Å². The van der Waals surface area contributed by atoms with E-state index in [2.05, 4.69) is 5.32 Å². The number of nitrogens with one attached hydrogen (secondary N) is 1. The molecule has 0 aliphatic heterocycles. The maximum atomic E-state index is 10.7. The summed E-state index contributed by atoms with van der Waals surface area (Å²) in [4.78, 5) is 10.7. The minimum absolute atomic E-state index is 0.288. The van der Waals surface area contributed by atoms with Crippen LogP contribution in [0.2, 0.25) is 0 Å². The highest BCUT2D eigenvalue weighted by molar-refractivity contribution is 5.81. The summed E-state index contributed by atoms with van der Waals surface area (Å²) in [7, 11) is 0. The van der Waals surface area contributed by atoms with E-state index < -0.39 is 6.04 Å². The van der Waals surface area contributed by atoms with Crippen molar-refractivity contribution < 1.29 is 9.90 Å². The van der Waals surface area contributed by atoms with Crippen molar-refractivity contribution in [3.8, 4) is 0 Å². The van der Waals surface area contributed by atoms with Gasteiger partial charge in [0.15, 0.2) is 0 Å². The third-order valence-corrected chi connectivity index (χ3v) is 1.08. The van der Waals surface area contributed by atoms with E-state index in [1.807, 2.05) is 6.92 Å². The maximum absolute atomic E-state index is 10.7. The van der Waals surface area contributed by atoms with Crippen LogP contribution in [-0.4, -0.2) is 30.2 Å². The standard InChI is InChI=1S/C6H14N2O2/c1-2-3-8-6(10)5(7)4-9/h5,9H,2-4,7H2,1H3,(H,8,10). The molecule has 4 N–H and O–H groups in total. The van der Waals surface area contributed by atoms with Crippen molar-refractivity contribution in [2.24, 2.45) is 5.73 Å². The van der Waals surface area contributed by atoms with Gasteiger partial charge in [-0.3, -0.25) is 4.79 Å². The van der Waals surface area contributed by atoms with E-state index in [-0.39, 0.29) is 12.5 Å². The van der Waals surface area contributed by atoms with Gasteiger partial charge < -0.3 is 16.2 Å². The molecule has 0 fully saturated rings. The van der Waals surface area contributed by atoms with Gasteiger partial charge >= 0.3 is 0 Å². The lowest BCUT2D eigenvalue weighted by molar-refractivity contribution is -0.123. The van der Waals surface area contributed by atoms with E-state index in [9.17, 15) is 4.79 Å². The third-order valence-electron chi connectivity index (χ3n) is 1.08. The van der Waals surface area contributed by atoms with Gasteiger partial charge in [0.2, 0.25) is 5.91 Å². The summed E-state index contributed by atoms with van der Waals surface area (Å²) in [6, 6.07) is -0.772. The second-order valence-electron chi connectivity index (χ2n) is 2.08. The van der Waals surface area contributed by atoms with Crippen molar-refractivity contribution in [3.63, 3.8) is 0 Å². The topological polar surface area (TPSA) is 75.4 Å². The second kappa shape index (κ2) is 5.20. The molecular weight excluding hydrogens is 132 g/mol. The molecule has 60 valence electrons. The fourth-order valence-electron chi connectivity index (χ4n) is 0.462. The summed E-state index contributed by atoms with van der Waals surface area (Å²) in [5, 5.41) is 11.0. The Hall–Kier alpha value is -0.610. The molecule has 0 aliphatic carbocycles. The highest BCUT2D eigenvalue weighted by atomic mass is 16.3. The van der Waals surface area contributed by atoms with Crippen molar-refractivity contribution in [1.82, 2.24) is 5.32 Å². The Balaban J connectivity index is 3.42. The summed E-state index contributed by atoms with van der Waals surface area (Å²) in [6.45, 7) is 2.27. The van der Waals surface area contributed by atoms with Crippen LogP contribution >= 0.6 is 0 Å². The van der Waals surface area contributed by atoms with Gasteiger partial charge in [0.05, 0.1) is 6.61 Å². The first-order chi connectivity index (χ1) is 4.72. The SMILES string of the molecule is CCCNC(=O)C(N)CO. The lowest BCUT2D eigenvalue weighted by Gasteiger charge is -2.07. The van der Waals surface area contributed by atoms with Crippen molar-refractivity contribution in [1.29, 1.82) is 0 Å². The zero-order chi connectivity index (χ0) is 7.98. The van der Waals surface area contributed by atoms with Crippen molar-refractivity contribution in [2.45, 2.75) is 19.4 Å². The average Bonchev–Trinajstić information content (AvgIpc) is 1.98. The number of carbonyl (C=O) groups is 1. The number of rotatable bonds is 4. The normalized spacial score (nSPS) is 12.7. The summed E-state index contributed by atoms with van der Waals surface area (Å²) in [6.07, 6.45) is 0.879. The van der Waals surface area contributed by atoms with E-state index in [1.54, 1.807) is 0 Å². The van der Waals surface area contributed by atoms with Crippen molar-refractivity contribution in [2.75, 3.05) is 13.2 Å². The molecule has 0 aromatic rings. The predicted molar refractivity (Wildman–Crippen MR) is 38.4 cm³/mol. The number of carbonyl (C=O) groups excluding carboxylic acids is 1. The largest absolute Gasteiger partial charge is 0.394 e. The fraction of sp³-hybridized carbons (Fsp3) is 0.833. The quantitative estimate of drug-likeness (QED) is 0.468. The lowest BCUT2D eigenvalue weighted by atomic mass is 10.3. The highest BCUT2D eigenvalue weighted by Gasteiger charge is 2.09. The summed E-state index contributed by atoms with van der Waals surface area (Å²) in [5.74, 6) is -0.288. The minimum Gasteiger partial charge on any atom is -0.394 e. The molecule has 0 aromatic heterocycles. The van der Waals surface area contributed by atoms with E-state index in [4.69, 9.17) is 10.8 Å². The first-order valence-electron chi connectivity index (χ1n) is 3.36. The third kappa shape index (κ3) is 3.42. The van der Waals surface area contributed by atoms with E-state index in [0.29, 0.717) is 6.54 Å². The molecule has 0 saturated carbocycles. The van der Waals surface area contributed by atoms with Crippen LogP contribution in [0, 0.1) is 0 Å². The Morgan fingerprint density at radius 3 is 2.80 bits per heavy atom. The number of aliphatic hydroxyl groups is 1. The molecule has 10 heavy (non-hydrogen) atoms. The van der Waals surface area contributed by atoms with Crippen molar-refractivity contribution in [3.05, 3.63) is 0 Å². The smallest absolute Gasteiger partial charge is 0.239 e. The Morgan fingerprint density at radius 2 is 2.40 bits per heavy atom. The van der Waals surface area contributed by atoms with Crippen LogP contribution in [0.15, 0.2) is 0 Å². The minimum atomic E-state index is -0.772. The maximum Gasteiger partial charge on any atom is 0.239 e. The molecule has 0 saturated heterocycles. The summed E-state index contributed by atoms with van der Waals surface area (Å²) in [5.41, 5.74) is 5.20. The monoisotopic (exact) mass is 146 g/mol. The summed E-state index contributed by atoms with van der Waals surface area (Å²) >= 11 is 0. The van der Waals surface area contributed by atoms with Crippen LogP contribution in [0.4, 0.5) is 0 Å². The molecule has 0 rings (SSSR count). The zero-order valence-electron chi connectivity index (χ0n) is 6.13. The molecular formula is C6H14N2O2. The number of nitrogens with two attached hydrogens (primary N) is 1. The van der Waals surface area contributed by atoms with Crippen LogP contribution in [0.1, 0.15) is 13.3 Å². The van der Waals surface area contributed by atoms with E-state index >= 15 is 0 Å². The molecule has 0 aliphatic rings. The Morgan fingerprint density at radius 1 is 1.80 bits per heavy atom. The van der Waals surface area contributed by atoms with Crippen LogP contribution < -0.4 is 11.1 Å². The summed E-state index contributed by atoms with van der Waals surface area (Å²) < 4.78 is 0. The Bertz CT molecular complexity index is 106. The Kier molecular flexibility index (Phi) is 4.88. The van der Waals surface area contributed by atoms with Gasteiger partial charge in [-0.15, -0.1) is 0 Å². The number of aliphatic hydroxyl groups excluding tert-OH is 1. The molecule has 4 heteroatoms. The Labute approximate surface area is 60.4 Å². The fourth-order valence-corrected chi connectivity index (χ4v) is 0.462. The number of amides is 1. The van der Waals surface area contributed by atoms with Crippen LogP contribution in [0.25, 0.3) is 0 Å². The van der Waals surface area contributed by atoms with Gasteiger partial charge in [-0.05, 0) is 6.42 Å². The molecule has 0 spiro atoms. The molecule has 1 unspecified atom stereocenters. The molecule has 4 nitrogen and oxygen atoms in total. The molecule has 1 amide bonds. The van der Waals surface area contributed by atoms with Gasteiger partial charge in [-0.2, -0.15) is 0 Å². The highest BCUT2D eigenvalue weighted by Crippen LogP contribution is 1.77. The van der Waals surface area contributed by atoms with Gasteiger partial charge in [0.25, 0.3) is 0 Å². The first-order valence-corrected chi connectivity index (χ1v) is 3.36. The molecule has 1 atom stereocenters. The van der Waals surface area contributed by atoms with Crippen molar-refractivity contribution >= 4 is 5.91 Å². The van der Waals surface area contributed by atoms with E-state index in [0.717, 1.165) is 6.42 Å². The zero-order valence-corrected chi connectivity index (χ0v) is 6.13. The molecule has 0 aromatic carbocycles. The lowest BCUT2D eigenvalue weighted by Crippen LogP contribution is -2.43. The van der Waals surface area contributed by atoms with E-state index in [1.165, 1.54) is 0 Å². The first kappa shape index (κ1) is 9.39. The van der Waals surface area contributed by atoms with Crippen LogP contribution in [0.5, 0.6) is 0 Å². The molecule has 0 radical (unpaired) electrons. The van der Waals surface area contributed by atoms with Gasteiger partial charge in [0.1, 0.15) is 6.04 Å².